The van der Waals surface area contributed by atoms with Crippen LogP contribution in [0.25, 0.3) is 11.3 Å². The summed E-state index contributed by atoms with van der Waals surface area (Å²) in [5.74, 6) is -0.161. The lowest BCUT2D eigenvalue weighted by Crippen LogP contribution is -2.20. The first-order valence-electron chi connectivity index (χ1n) is 13.1. The van der Waals surface area contributed by atoms with E-state index < -0.39 is 0 Å². The van der Waals surface area contributed by atoms with Gasteiger partial charge in [0.25, 0.3) is 11.8 Å². The van der Waals surface area contributed by atoms with E-state index in [4.69, 9.17) is 16.3 Å². The van der Waals surface area contributed by atoms with Gasteiger partial charge in [-0.25, -0.2) is 10.4 Å². The van der Waals surface area contributed by atoms with E-state index >= 15 is 0 Å². The summed E-state index contributed by atoms with van der Waals surface area (Å²) in [4.78, 5) is 29.6. The second kappa shape index (κ2) is 14.6. The Labute approximate surface area is 279 Å². The zero-order chi connectivity index (χ0) is 31.1. The molecule has 0 saturated heterocycles. The molecule has 0 unspecified atom stereocenters. The minimum Gasteiger partial charge on any atom is -0.481 e. The maximum atomic E-state index is 12.7. The number of benzene rings is 4. The van der Waals surface area contributed by atoms with Gasteiger partial charge in [-0.1, -0.05) is 35.9 Å². The second-order valence-corrected chi connectivity index (χ2v) is 12.5. The number of aryl methyl sites for hydroxylation is 1. The number of amides is 2. The van der Waals surface area contributed by atoms with Crippen LogP contribution in [0, 0.1) is 6.92 Å². The standard InChI is InChI=1S/C32H24Br2ClN5O3S/c1-19-3-2-4-25(13-19)37-29(41)17-43-30-26(33)14-20(15-27(30)34)16-36-40-31(42)22-7-5-21(6-8-22)28-18-44-32(39-28)38-24-11-9-23(35)10-12-24/h2-16,18H,17H2,1H3,(H,37,41)(H,38,39)(H,40,42)/b36-16-. The summed E-state index contributed by atoms with van der Waals surface area (Å²) < 4.78 is 6.96. The first kappa shape index (κ1) is 31.4. The van der Waals surface area contributed by atoms with Crippen LogP contribution in [0.2, 0.25) is 5.02 Å². The van der Waals surface area contributed by atoms with Crippen molar-refractivity contribution in [2.24, 2.45) is 5.10 Å². The predicted molar refractivity (Wildman–Crippen MR) is 184 cm³/mol. The molecule has 0 aliphatic carbocycles. The molecule has 12 heteroatoms. The first-order chi connectivity index (χ1) is 21.2. The minimum absolute atomic E-state index is 0.169. The number of nitrogens with one attached hydrogen (secondary N) is 3. The van der Waals surface area contributed by atoms with Crippen molar-refractivity contribution >= 4 is 89.3 Å². The van der Waals surface area contributed by atoms with Crippen LogP contribution < -0.4 is 20.8 Å². The van der Waals surface area contributed by atoms with E-state index in [2.05, 4.69) is 58.0 Å². The number of rotatable bonds is 10. The maximum Gasteiger partial charge on any atom is 0.271 e. The van der Waals surface area contributed by atoms with Gasteiger partial charge < -0.3 is 15.4 Å². The highest BCUT2D eigenvalue weighted by Gasteiger charge is 2.12. The van der Waals surface area contributed by atoms with E-state index in [0.29, 0.717) is 36.5 Å². The summed E-state index contributed by atoms with van der Waals surface area (Å²) in [6.07, 6.45) is 1.51. The molecule has 5 rings (SSSR count). The zero-order valence-corrected chi connectivity index (χ0v) is 27.9. The van der Waals surface area contributed by atoms with Crippen molar-refractivity contribution in [3.8, 4) is 17.0 Å². The molecule has 0 aliphatic rings. The number of ether oxygens (including phenoxy) is 1. The number of hydrazone groups is 1. The summed E-state index contributed by atoms with van der Waals surface area (Å²) in [7, 11) is 0. The molecule has 5 aromatic rings. The number of thiazole rings is 1. The maximum absolute atomic E-state index is 12.7. The molecule has 2 amide bonds. The highest BCUT2D eigenvalue weighted by molar-refractivity contribution is 9.11. The number of halogens is 3. The van der Waals surface area contributed by atoms with Crippen LogP contribution in [0.1, 0.15) is 21.5 Å². The molecule has 3 N–H and O–H groups in total. The van der Waals surface area contributed by atoms with E-state index in [1.54, 1.807) is 24.3 Å². The average molecular weight is 754 g/mol. The molecule has 8 nitrogen and oxygen atoms in total. The van der Waals surface area contributed by atoms with Gasteiger partial charge in [-0.2, -0.15) is 5.10 Å². The largest absolute Gasteiger partial charge is 0.481 e. The van der Waals surface area contributed by atoms with Crippen LogP contribution in [0.15, 0.2) is 104 Å². The molecule has 4 aromatic carbocycles. The van der Waals surface area contributed by atoms with Gasteiger partial charge in [0.1, 0.15) is 5.75 Å². The third-order valence-electron chi connectivity index (χ3n) is 6.09. The third-order valence-corrected chi connectivity index (χ3v) is 8.28. The van der Waals surface area contributed by atoms with E-state index in [1.165, 1.54) is 17.6 Å². The monoisotopic (exact) mass is 751 g/mol. The highest BCUT2D eigenvalue weighted by atomic mass is 79.9. The van der Waals surface area contributed by atoms with Gasteiger partial charge >= 0.3 is 0 Å². The highest BCUT2D eigenvalue weighted by Crippen LogP contribution is 2.34. The molecule has 222 valence electrons. The fraction of sp³-hybridized carbons (Fsp3) is 0.0625. The predicted octanol–water partition coefficient (Wildman–Crippen LogP) is 8.82. The summed E-state index contributed by atoms with van der Waals surface area (Å²) in [6.45, 7) is 1.79. The number of nitrogens with zero attached hydrogens (tertiary/aromatic N) is 2. The Morgan fingerprint density at radius 2 is 1.70 bits per heavy atom. The zero-order valence-electron chi connectivity index (χ0n) is 23.1. The van der Waals surface area contributed by atoms with Crippen LogP contribution in [0.3, 0.4) is 0 Å². The smallest absolute Gasteiger partial charge is 0.271 e. The van der Waals surface area contributed by atoms with Gasteiger partial charge in [-0.05, 0) is 111 Å². The SMILES string of the molecule is Cc1cccc(NC(=O)COc2c(Br)cc(/C=N\NC(=O)c3ccc(-c4csc(Nc5ccc(Cl)cc5)n4)cc3)cc2Br)c1. The molecule has 1 aromatic heterocycles. The van der Waals surface area contributed by atoms with Crippen LogP contribution in [-0.4, -0.2) is 29.6 Å². The third kappa shape index (κ3) is 8.54. The number of carbonyl (C=O) groups excluding carboxylic acids is 2. The summed E-state index contributed by atoms with van der Waals surface area (Å²) in [6, 6.07) is 25.6. The molecular weight excluding hydrogens is 730 g/mol. The fourth-order valence-corrected chi connectivity index (χ4v) is 6.31. The molecule has 44 heavy (non-hydrogen) atoms. The van der Waals surface area contributed by atoms with Crippen molar-refractivity contribution < 1.29 is 14.3 Å². The molecule has 0 saturated carbocycles. The van der Waals surface area contributed by atoms with Gasteiger partial charge in [-0.3, -0.25) is 9.59 Å². The lowest BCUT2D eigenvalue weighted by atomic mass is 10.1. The summed E-state index contributed by atoms with van der Waals surface area (Å²) >= 11 is 14.4. The van der Waals surface area contributed by atoms with Crippen molar-refractivity contribution in [3.63, 3.8) is 0 Å². The summed E-state index contributed by atoms with van der Waals surface area (Å²) in [5, 5.41) is 13.5. The average Bonchev–Trinajstić information content (AvgIpc) is 3.46. The van der Waals surface area contributed by atoms with Crippen molar-refractivity contribution in [1.29, 1.82) is 0 Å². The minimum atomic E-state index is -0.353. The van der Waals surface area contributed by atoms with Crippen LogP contribution >= 0.6 is 54.8 Å². The van der Waals surface area contributed by atoms with Gasteiger partial charge in [0, 0.05) is 32.9 Å². The van der Waals surface area contributed by atoms with E-state index in [9.17, 15) is 9.59 Å². The van der Waals surface area contributed by atoms with E-state index in [-0.39, 0.29) is 18.4 Å². The van der Waals surface area contributed by atoms with Crippen LogP contribution in [-0.2, 0) is 4.79 Å². The van der Waals surface area contributed by atoms with Gasteiger partial charge in [0.05, 0.1) is 20.9 Å². The Hall–Kier alpha value is -4.03. The fourth-order valence-electron chi connectivity index (χ4n) is 3.99. The number of hydrogen-bond donors (Lipinski definition) is 3. The molecule has 0 radical (unpaired) electrons. The Morgan fingerprint density at radius 3 is 2.41 bits per heavy atom. The van der Waals surface area contributed by atoms with Crippen molar-refractivity contribution in [1.82, 2.24) is 10.4 Å². The van der Waals surface area contributed by atoms with Crippen molar-refractivity contribution in [2.45, 2.75) is 6.92 Å². The van der Waals surface area contributed by atoms with Crippen molar-refractivity contribution in [3.05, 3.63) is 121 Å². The quantitative estimate of drug-likeness (QED) is 0.0977. The second-order valence-electron chi connectivity index (χ2n) is 9.47. The van der Waals surface area contributed by atoms with E-state index in [0.717, 1.165) is 27.6 Å². The molecular formula is C32H24Br2ClN5O3S. The lowest BCUT2D eigenvalue weighted by Gasteiger charge is -2.12. The number of carbonyl (C=O) groups is 2. The number of hydrogen-bond acceptors (Lipinski definition) is 7. The topological polar surface area (TPSA) is 105 Å². The number of aromatic nitrogens is 1. The van der Waals surface area contributed by atoms with Gasteiger partial charge in [-0.15, -0.1) is 11.3 Å². The first-order valence-corrected chi connectivity index (χ1v) is 16.0. The Kier molecular flexibility index (Phi) is 10.4. The van der Waals surface area contributed by atoms with Crippen LogP contribution in [0.5, 0.6) is 5.75 Å². The Morgan fingerprint density at radius 1 is 0.977 bits per heavy atom. The lowest BCUT2D eigenvalue weighted by molar-refractivity contribution is -0.118. The molecule has 0 aliphatic heterocycles. The van der Waals surface area contributed by atoms with E-state index in [1.807, 2.05) is 73.0 Å². The molecule has 0 fully saturated rings. The van der Waals surface area contributed by atoms with Gasteiger partial charge in [0.2, 0.25) is 0 Å². The summed E-state index contributed by atoms with van der Waals surface area (Å²) in [5.41, 5.74) is 8.03. The number of anilines is 3. The van der Waals surface area contributed by atoms with Crippen molar-refractivity contribution in [2.75, 3.05) is 17.2 Å². The molecule has 1 heterocycles. The molecule has 0 atom stereocenters. The molecule has 0 bridgehead atoms. The Bertz CT molecular complexity index is 1810. The normalized spacial score (nSPS) is 10.9. The molecule has 0 spiro atoms. The van der Waals surface area contributed by atoms with Crippen LogP contribution in [0.4, 0.5) is 16.5 Å². The Balaban J connectivity index is 1.13. The van der Waals surface area contributed by atoms with Gasteiger partial charge in [0.15, 0.2) is 11.7 Å².